The average molecular weight is 496 g/mol. The number of carbonyl (C=O) groups is 1. The summed E-state index contributed by atoms with van der Waals surface area (Å²) < 4.78 is 13.8. The van der Waals surface area contributed by atoms with Gasteiger partial charge in [-0.3, -0.25) is 4.79 Å². The Labute approximate surface area is 182 Å². The second-order valence-corrected chi connectivity index (χ2v) is 6.42. The van der Waals surface area contributed by atoms with Crippen molar-refractivity contribution in [3.63, 3.8) is 0 Å². The van der Waals surface area contributed by atoms with Crippen molar-refractivity contribution in [3.05, 3.63) is 65.5 Å². The molecule has 0 aromatic heterocycles. The lowest BCUT2D eigenvalue weighted by atomic mass is 10.0. The van der Waals surface area contributed by atoms with Crippen LogP contribution in [0.5, 0.6) is 0 Å². The molecule has 1 aliphatic rings. The maximum absolute atomic E-state index is 13.8. The van der Waals surface area contributed by atoms with Gasteiger partial charge in [-0.2, -0.15) is 0 Å². The van der Waals surface area contributed by atoms with E-state index in [1.54, 1.807) is 18.2 Å². The lowest BCUT2D eigenvalue weighted by Gasteiger charge is -2.29. The van der Waals surface area contributed by atoms with E-state index in [4.69, 9.17) is 0 Å². The van der Waals surface area contributed by atoms with Crippen molar-refractivity contribution >= 4 is 41.5 Å². The molecule has 0 fully saturated rings. The van der Waals surface area contributed by atoms with E-state index >= 15 is 0 Å². The molecule has 0 spiro atoms. The van der Waals surface area contributed by atoms with Gasteiger partial charge in [0.2, 0.25) is 5.91 Å². The fraction of sp³-hybridized carbons (Fsp3) is 0.333. The topological polar surface area (TPSA) is 56.7 Å². The molecule has 1 amide bonds. The third kappa shape index (κ3) is 5.67. The number of rotatable bonds is 5. The minimum absolute atomic E-state index is 0. The van der Waals surface area contributed by atoms with Crippen molar-refractivity contribution in [1.29, 1.82) is 0 Å². The second-order valence-electron chi connectivity index (χ2n) is 6.42. The first-order chi connectivity index (χ1) is 13.2. The Morgan fingerprint density at radius 3 is 2.68 bits per heavy atom. The number of guanidine groups is 1. The van der Waals surface area contributed by atoms with E-state index in [0.29, 0.717) is 18.1 Å². The summed E-state index contributed by atoms with van der Waals surface area (Å²) in [6.45, 7) is 3.67. The number of nitrogens with one attached hydrogen (secondary N) is 2. The second kappa shape index (κ2) is 11.0. The van der Waals surface area contributed by atoms with Crippen molar-refractivity contribution in [2.45, 2.75) is 26.3 Å². The Morgan fingerprint density at radius 2 is 1.89 bits per heavy atom. The molecule has 0 aliphatic carbocycles. The van der Waals surface area contributed by atoms with E-state index in [1.165, 1.54) is 11.6 Å². The number of hydrogen-bond donors (Lipinski definition) is 2. The lowest BCUT2D eigenvalue weighted by molar-refractivity contribution is -0.117. The molecule has 0 unspecified atom stereocenters. The van der Waals surface area contributed by atoms with Gasteiger partial charge in [-0.1, -0.05) is 36.4 Å². The van der Waals surface area contributed by atoms with Gasteiger partial charge in [0.05, 0.1) is 13.1 Å². The molecular weight excluding hydrogens is 470 g/mol. The minimum Gasteiger partial charge on any atom is -0.357 e. The molecule has 150 valence electrons. The molecule has 5 nitrogen and oxygen atoms in total. The minimum atomic E-state index is -0.280. The molecule has 1 aliphatic heterocycles. The van der Waals surface area contributed by atoms with Gasteiger partial charge in [0, 0.05) is 24.3 Å². The van der Waals surface area contributed by atoms with Crippen LogP contribution in [0.2, 0.25) is 0 Å². The van der Waals surface area contributed by atoms with E-state index in [0.717, 1.165) is 25.1 Å². The highest BCUT2D eigenvalue weighted by molar-refractivity contribution is 14.0. The first-order valence-electron chi connectivity index (χ1n) is 9.33. The summed E-state index contributed by atoms with van der Waals surface area (Å²) in [6, 6.07) is 14.6. The van der Waals surface area contributed by atoms with Crippen molar-refractivity contribution < 1.29 is 9.18 Å². The molecule has 1 heterocycles. The zero-order chi connectivity index (χ0) is 19.1. The predicted octanol–water partition coefficient (Wildman–Crippen LogP) is 3.48. The summed E-state index contributed by atoms with van der Waals surface area (Å²) in [7, 11) is 0. The van der Waals surface area contributed by atoms with E-state index in [-0.39, 0.29) is 48.8 Å². The number of para-hydroxylation sites is 1. The highest BCUT2D eigenvalue weighted by Gasteiger charge is 2.21. The molecule has 0 bridgehead atoms. The fourth-order valence-corrected chi connectivity index (χ4v) is 3.18. The van der Waals surface area contributed by atoms with Gasteiger partial charge in [-0.25, -0.2) is 9.38 Å². The van der Waals surface area contributed by atoms with Crippen LogP contribution in [0.3, 0.4) is 0 Å². The third-order valence-electron chi connectivity index (χ3n) is 4.53. The van der Waals surface area contributed by atoms with Gasteiger partial charge in [0.25, 0.3) is 0 Å². The Balaban J connectivity index is 0.00000280. The normalized spacial score (nSPS) is 13.4. The number of aliphatic imine (C=N–C) groups is 1. The van der Waals surface area contributed by atoms with Gasteiger partial charge in [-0.15, -0.1) is 24.0 Å². The molecular formula is C21H26FIN4O. The van der Waals surface area contributed by atoms with Gasteiger partial charge >= 0.3 is 0 Å². The van der Waals surface area contributed by atoms with E-state index in [2.05, 4.69) is 21.7 Å². The average Bonchev–Trinajstić information content (AvgIpc) is 2.70. The number of amides is 1. The van der Waals surface area contributed by atoms with Crippen molar-refractivity contribution in [1.82, 2.24) is 10.6 Å². The summed E-state index contributed by atoms with van der Waals surface area (Å²) in [6.07, 6.45) is 1.96. The van der Waals surface area contributed by atoms with Crippen LogP contribution in [0.15, 0.2) is 53.5 Å². The zero-order valence-corrected chi connectivity index (χ0v) is 18.3. The fourth-order valence-electron chi connectivity index (χ4n) is 3.18. The van der Waals surface area contributed by atoms with Crippen LogP contribution in [-0.2, 0) is 17.8 Å². The van der Waals surface area contributed by atoms with Crippen molar-refractivity contribution in [3.8, 4) is 0 Å². The van der Waals surface area contributed by atoms with Crippen LogP contribution in [-0.4, -0.2) is 31.5 Å². The van der Waals surface area contributed by atoms with Crippen molar-refractivity contribution in [2.24, 2.45) is 4.99 Å². The highest BCUT2D eigenvalue weighted by Crippen LogP contribution is 2.26. The van der Waals surface area contributed by atoms with Crippen LogP contribution in [0.1, 0.15) is 24.5 Å². The Kier molecular flexibility index (Phi) is 8.69. The summed E-state index contributed by atoms with van der Waals surface area (Å²) in [5, 5.41) is 6.16. The Bertz CT molecular complexity index is 828. The van der Waals surface area contributed by atoms with Crippen LogP contribution >= 0.6 is 24.0 Å². The first-order valence-corrected chi connectivity index (χ1v) is 9.33. The SMILES string of the molecule is CCNC(=NCc1ccccc1F)NCC(=O)N1CCCc2ccccc21.I. The van der Waals surface area contributed by atoms with Gasteiger partial charge < -0.3 is 15.5 Å². The van der Waals surface area contributed by atoms with Gasteiger partial charge in [0.15, 0.2) is 5.96 Å². The van der Waals surface area contributed by atoms with E-state index in [1.807, 2.05) is 30.0 Å². The van der Waals surface area contributed by atoms with Crippen LogP contribution in [0.4, 0.5) is 10.1 Å². The number of aryl methyl sites for hydroxylation is 1. The van der Waals surface area contributed by atoms with Crippen LogP contribution in [0, 0.1) is 5.82 Å². The predicted molar refractivity (Wildman–Crippen MR) is 122 cm³/mol. The molecule has 0 saturated heterocycles. The Hall–Kier alpha value is -2.16. The first kappa shape index (κ1) is 22.1. The lowest BCUT2D eigenvalue weighted by Crippen LogP contribution is -2.46. The Morgan fingerprint density at radius 1 is 1.14 bits per heavy atom. The molecule has 0 radical (unpaired) electrons. The maximum Gasteiger partial charge on any atom is 0.246 e. The number of hydrogen-bond acceptors (Lipinski definition) is 2. The third-order valence-corrected chi connectivity index (χ3v) is 4.53. The molecule has 2 N–H and O–H groups in total. The molecule has 2 aromatic rings. The number of anilines is 1. The molecule has 2 aromatic carbocycles. The molecule has 28 heavy (non-hydrogen) atoms. The molecule has 0 atom stereocenters. The largest absolute Gasteiger partial charge is 0.357 e. The maximum atomic E-state index is 13.8. The number of nitrogens with zero attached hydrogens (tertiary/aromatic N) is 2. The quantitative estimate of drug-likeness (QED) is 0.379. The summed E-state index contributed by atoms with van der Waals surface area (Å²) in [4.78, 5) is 18.9. The monoisotopic (exact) mass is 496 g/mol. The van der Waals surface area contributed by atoms with Gasteiger partial charge in [-0.05, 0) is 37.5 Å². The molecule has 0 saturated carbocycles. The van der Waals surface area contributed by atoms with Crippen LogP contribution < -0.4 is 15.5 Å². The zero-order valence-electron chi connectivity index (χ0n) is 16.0. The van der Waals surface area contributed by atoms with Gasteiger partial charge in [0.1, 0.15) is 5.82 Å². The molecule has 3 rings (SSSR count). The number of halogens is 2. The van der Waals surface area contributed by atoms with Crippen LogP contribution in [0.25, 0.3) is 0 Å². The number of fused-ring (bicyclic) bond motifs is 1. The standard InChI is InChI=1S/C21H25FN4O.HI/c1-2-23-21(24-14-17-9-3-5-11-18(17)22)25-15-20(27)26-13-7-10-16-8-4-6-12-19(16)26;/h3-6,8-9,11-12H,2,7,10,13-15H2,1H3,(H2,23,24,25);1H. The smallest absolute Gasteiger partial charge is 0.246 e. The summed E-state index contributed by atoms with van der Waals surface area (Å²) >= 11 is 0. The van der Waals surface area contributed by atoms with E-state index < -0.39 is 0 Å². The summed E-state index contributed by atoms with van der Waals surface area (Å²) in [5.41, 5.74) is 2.71. The molecule has 7 heteroatoms. The highest BCUT2D eigenvalue weighted by atomic mass is 127. The summed E-state index contributed by atoms with van der Waals surface area (Å²) in [5.74, 6) is 0.219. The van der Waals surface area contributed by atoms with E-state index in [9.17, 15) is 9.18 Å². The van der Waals surface area contributed by atoms with Crippen molar-refractivity contribution in [2.75, 3.05) is 24.5 Å². The number of benzene rings is 2. The number of carbonyl (C=O) groups excluding carboxylic acids is 1.